The van der Waals surface area contributed by atoms with Crippen LogP contribution >= 0.6 is 23.5 Å². The van der Waals surface area contributed by atoms with E-state index in [9.17, 15) is 4.79 Å². The normalized spacial score (nSPS) is 18.5. The molecule has 0 spiro atoms. The highest BCUT2D eigenvalue weighted by molar-refractivity contribution is 8.19. The molecule has 2 aliphatic heterocycles. The van der Waals surface area contributed by atoms with Crippen molar-refractivity contribution in [2.75, 3.05) is 29.9 Å². The second kappa shape index (κ2) is 10.2. The third-order valence-corrected chi connectivity index (χ3v) is 8.61. The van der Waals surface area contributed by atoms with Gasteiger partial charge in [-0.05, 0) is 67.6 Å². The average Bonchev–Trinajstić information content (AvgIpc) is 3.38. The van der Waals surface area contributed by atoms with Crippen molar-refractivity contribution in [1.29, 1.82) is 0 Å². The maximum absolute atomic E-state index is 13.7. The highest BCUT2D eigenvalue weighted by Gasteiger charge is 2.39. The highest BCUT2D eigenvalue weighted by atomic mass is 32.2. The first-order valence-corrected chi connectivity index (χ1v) is 13.4. The van der Waals surface area contributed by atoms with E-state index in [0.29, 0.717) is 11.7 Å². The number of aliphatic imine (C=N–C) groups is 1. The van der Waals surface area contributed by atoms with Gasteiger partial charge in [-0.3, -0.25) is 9.69 Å². The third kappa shape index (κ3) is 4.70. The number of nitrogens with zero attached hydrogens (tertiary/aromatic N) is 4. The van der Waals surface area contributed by atoms with E-state index in [4.69, 9.17) is 4.99 Å². The molecule has 0 saturated carbocycles. The summed E-state index contributed by atoms with van der Waals surface area (Å²) in [6.07, 6.45) is 0. The molecule has 35 heavy (non-hydrogen) atoms. The van der Waals surface area contributed by atoms with Crippen LogP contribution in [0.3, 0.4) is 0 Å². The lowest BCUT2D eigenvalue weighted by Crippen LogP contribution is -2.29. The van der Waals surface area contributed by atoms with Crippen LogP contribution in [0, 0.1) is 0 Å². The van der Waals surface area contributed by atoms with Gasteiger partial charge in [-0.2, -0.15) is 0 Å². The van der Waals surface area contributed by atoms with E-state index in [1.807, 2.05) is 61.6 Å². The molecule has 0 aliphatic carbocycles. The quantitative estimate of drug-likeness (QED) is 0.352. The van der Waals surface area contributed by atoms with Crippen molar-refractivity contribution in [3.05, 3.63) is 94.4 Å². The first kappa shape index (κ1) is 23.6. The summed E-state index contributed by atoms with van der Waals surface area (Å²) < 4.78 is 0. The molecule has 5 rings (SSSR count). The van der Waals surface area contributed by atoms with E-state index in [1.165, 1.54) is 17.4 Å². The summed E-state index contributed by atoms with van der Waals surface area (Å²) in [5, 5.41) is 1.67. The molecular formula is C28H28N4OS2. The molecule has 7 heteroatoms. The predicted molar refractivity (Wildman–Crippen MR) is 149 cm³/mol. The van der Waals surface area contributed by atoms with Crippen LogP contribution < -0.4 is 9.80 Å². The first-order valence-electron chi connectivity index (χ1n) is 11.8. The van der Waals surface area contributed by atoms with E-state index in [1.54, 1.807) is 16.7 Å². The number of carbonyl (C=O) groups excluding carboxylic acids is 1. The number of hydrogen-bond acceptors (Lipinski definition) is 6. The molecule has 3 aromatic carbocycles. The maximum Gasteiger partial charge on any atom is 0.269 e. The zero-order valence-electron chi connectivity index (χ0n) is 20.1. The van der Waals surface area contributed by atoms with Gasteiger partial charge in [-0.15, -0.1) is 0 Å². The Morgan fingerprint density at radius 2 is 1.54 bits per heavy atom. The predicted octanol–water partition coefficient (Wildman–Crippen LogP) is 6.71. The van der Waals surface area contributed by atoms with Gasteiger partial charge >= 0.3 is 0 Å². The van der Waals surface area contributed by atoms with Crippen LogP contribution in [0.5, 0.6) is 0 Å². The number of thioether (sulfide) groups is 2. The third-order valence-electron chi connectivity index (χ3n) is 6.18. The average molecular weight is 501 g/mol. The largest absolute Gasteiger partial charge is 0.372 e. The minimum Gasteiger partial charge on any atom is -0.372 e. The van der Waals surface area contributed by atoms with Crippen molar-refractivity contribution in [2.24, 2.45) is 4.99 Å². The molecule has 0 atom stereocenters. The number of anilines is 2. The van der Waals surface area contributed by atoms with Crippen molar-refractivity contribution < 1.29 is 4.79 Å². The summed E-state index contributed by atoms with van der Waals surface area (Å²) >= 11 is 3.11. The van der Waals surface area contributed by atoms with E-state index in [2.05, 4.69) is 47.9 Å². The van der Waals surface area contributed by atoms with Crippen LogP contribution in [0.25, 0.3) is 0 Å². The number of amidine groups is 1. The topological polar surface area (TPSA) is 39.1 Å². The summed E-state index contributed by atoms with van der Waals surface area (Å²) in [6.45, 7) is 6.73. The van der Waals surface area contributed by atoms with Gasteiger partial charge in [0, 0.05) is 30.7 Å². The Kier molecular flexibility index (Phi) is 6.88. The summed E-state index contributed by atoms with van der Waals surface area (Å²) in [4.78, 5) is 26.8. The van der Waals surface area contributed by atoms with E-state index in [0.717, 1.165) is 44.9 Å². The standard InChI is InChI=1S/C28H28N4OS2/c1-4-31(5-2)22-17-15-21(16-18-22)29-28-32(19-20-11-7-6-8-12-20)26(33)25(35-28)27-30(3)23-13-9-10-14-24(23)34-27/h6-18H,4-5,19H2,1-3H3/b27-25-,29-28?. The summed E-state index contributed by atoms with van der Waals surface area (Å²) in [6, 6.07) is 26.6. The number of para-hydroxylation sites is 1. The Labute approximate surface area is 215 Å². The number of hydrogen-bond donors (Lipinski definition) is 0. The molecule has 1 fully saturated rings. The van der Waals surface area contributed by atoms with Crippen LogP contribution in [0.1, 0.15) is 19.4 Å². The number of fused-ring (bicyclic) bond motifs is 1. The smallest absolute Gasteiger partial charge is 0.269 e. The summed E-state index contributed by atoms with van der Waals surface area (Å²) in [5.41, 5.74) is 4.23. The van der Waals surface area contributed by atoms with Gasteiger partial charge in [0.2, 0.25) is 0 Å². The lowest BCUT2D eigenvalue weighted by Gasteiger charge is -2.21. The molecule has 2 aliphatic rings. The zero-order chi connectivity index (χ0) is 24.4. The Morgan fingerprint density at radius 1 is 0.857 bits per heavy atom. The van der Waals surface area contributed by atoms with Gasteiger partial charge < -0.3 is 9.80 Å². The van der Waals surface area contributed by atoms with Crippen molar-refractivity contribution in [3.8, 4) is 0 Å². The Morgan fingerprint density at radius 3 is 2.23 bits per heavy atom. The molecule has 0 aromatic heterocycles. The Bertz CT molecular complexity index is 1280. The van der Waals surface area contributed by atoms with E-state index < -0.39 is 0 Å². The molecule has 0 N–H and O–H groups in total. The molecule has 0 bridgehead atoms. The second-order valence-corrected chi connectivity index (χ2v) is 10.3. The molecule has 1 saturated heterocycles. The van der Waals surface area contributed by atoms with Crippen LogP contribution in [0.4, 0.5) is 17.1 Å². The molecule has 1 amide bonds. The fourth-order valence-corrected chi connectivity index (χ4v) is 6.60. The van der Waals surface area contributed by atoms with Gasteiger partial charge in [-0.25, -0.2) is 4.99 Å². The minimum atomic E-state index is -0.000444. The van der Waals surface area contributed by atoms with Crippen molar-refractivity contribution in [2.45, 2.75) is 25.3 Å². The number of rotatable bonds is 6. The van der Waals surface area contributed by atoms with Crippen LogP contribution in [0.2, 0.25) is 0 Å². The maximum atomic E-state index is 13.7. The van der Waals surface area contributed by atoms with Gasteiger partial charge in [0.05, 0.1) is 22.9 Å². The van der Waals surface area contributed by atoms with Gasteiger partial charge in [-0.1, -0.05) is 54.2 Å². The fraction of sp³-hybridized carbons (Fsp3) is 0.214. The zero-order valence-corrected chi connectivity index (χ0v) is 21.8. The molecule has 5 nitrogen and oxygen atoms in total. The lowest BCUT2D eigenvalue weighted by atomic mass is 10.2. The number of amides is 1. The molecule has 178 valence electrons. The van der Waals surface area contributed by atoms with Crippen LogP contribution in [0.15, 0.2) is 98.7 Å². The lowest BCUT2D eigenvalue weighted by molar-refractivity contribution is -0.122. The second-order valence-electron chi connectivity index (χ2n) is 8.33. The molecule has 0 radical (unpaired) electrons. The summed E-state index contributed by atoms with van der Waals surface area (Å²) in [7, 11) is 2.03. The van der Waals surface area contributed by atoms with Crippen LogP contribution in [-0.4, -0.2) is 36.1 Å². The first-order chi connectivity index (χ1) is 17.1. The van der Waals surface area contributed by atoms with Crippen LogP contribution in [-0.2, 0) is 11.3 Å². The molecular weight excluding hydrogens is 472 g/mol. The minimum absolute atomic E-state index is 0.000444. The highest BCUT2D eigenvalue weighted by Crippen LogP contribution is 2.50. The summed E-state index contributed by atoms with van der Waals surface area (Å²) in [5.74, 6) is -0.000444. The number of benzene rings is 3. The number of carbonyl (C=O) groups is 1. The Balaban J connectivity index is 1.50. The molecule has 2 heterocycles. The van der Waals surface area contributed by atoms with Gasteiger partial charge in [0.1, 0.15) is 4.91 Å². The van der Waals surface area contributed by atoms with E-state index >= 15 is 0 Å². The fourth-order valence-electron chi connectivity index (χ4n) is 4.26. The van der Waals surface area contributed by atoms with E-state index in [-0.39, 0.29) is 5.91 Å². The van der Waals surface area contributed by atoms with Crippen molar-refractivity contribution in [1.82, 2.24) is 4.90 Å². The molecule has 3 aromatic rings. The SMILES string of the molecule is CCN(CC)c1ccc(N=C2S/C(=C3\Sc4ccccc4N3C)C(=O)N2Cc2ccccc2)cc1. The van der Waals surface area contributed by atoms with Gasteiger partial charge in [0.25, 0.3) is 5.91 Å². The van der Waals surface area contributed by atoms with Gasteiger partial charge in [0.15, 0.2) is 5.17 Å². The molecule has 0 unspecified atom stereocenters. The van der Waals surface area contributed by atoms with Crippen molar-refractivity contribution >= 4 is 51.7 Å². The van der Waals surface area contributed by atoms with Crippen molar-refractivity contribution in [3.63, 3.8) is 0 Å². The monoisotopic (exact) mass is 500 g/mol. The Hall–Kier alpha value is -3.16.